The lowest BCUT2D eigenvalue weighted by Crippen LogP contribution is -2.40. The maximum atomic E-state index is 12.5. The van der Waals surface area contributed by atoms with Gasteiger partial charge in [-0.25, -0.2) is 9.78 Å². The number of rotatable bonds is 5. The van der Waals surface area contributed by atoms with Crippen LogP contribution in [-0.4, -0.2) is 46.1 Å². The number of ether oxygens (including phenoxy) is 1. The van der Waals surface area contributed by atoms with E-state index in [0.717, 1.165) is 18.4 Å². The average molecular weight is 340 g/mol. The standard InChI is InChI=1S/C19H20N2O4/c22-18(15-6-7-17(19(23)24)20-12-15)21-10-8-16(9-11-21)25-13-14-4-2-1-3-5-14/h1-7,12,16H,8-11,13H2,(H,23,24). The molecule has 0 aliphatic carbocycles. The van der Waals surface area contributed by atoms with Crippen molar-refractivity contribution in [3.63, 3.8) is 0 Å². The fourth-order valence-corrected chi connectivity index (χ4v) is 2.84. The molecule has 130 valence electrons. The normalized spacial score (nSPS) is 15.1. The van der Waals surface area contributed by atoms with Gasteiger partial charge in [0.1, 0.15) is 5.69 Å². The van der Waals surface area contributed by atoms with E-state index in [0.29, 0.717) is 25.3 Å². The van der Waals surface area contributed by atoms with Crippen molar-refractivity contribution in [2.45, 2.75) is 25.6 Å². The Kier molecular flexibility index (Phi) is 5.40. The van der Waals surface area contributed by atoms with E-state index in [9.17, 15) is 9.59 Å². The number of likely N-dealkylation sites (tertiary alicyclic amines) is 1. The predicted octanol–water partition coefficient (Wildman–Crippen LogP) is 2.60. The molecule has 6 heteroatoms. The predicted molar refractivity (Wildman–Crippen MR) is 91.4 cm³/mol. The molecule has 6 nitrogen and oxygen atoms in total. The smallest absolute Gasteiger partial charge is 0.354 e. The van der Waals surface area contributed by atoms with Crippen molar-refractivity contribution in [1.82, 2.24) is 9.88 Å². The number of carbonyl (C=O) groups excluding carboxylic acids is 1. The van der Waals surface area contributed by atoms with Gasteiger partial charge in [0.2, 0.25) is 0 Å². The second kappa shape index (κ2) is 7.90. The molecule has 1 amide bonds. The van der Waals surface area contributed by atoms with Crippen molar-refractivity contribution >= 4 is 11.9 Å². The molecule has 2 heterocycles. The first-order valence-corrected chi connectivity index (χ1v) is 8.27. The first-order valence-electron chi connectivity index (χ1n) is 8.27. The fourth-order valence-electron chi connectivity index (χ4n) is 2.84. The minimum atomic E-state index is -1.10. The number of piperidine rings is 1. The van der Waals surface area contributed by atoms with Gasteiger partial charge in [-0.15, -0.1) is 0 Å². The van der Waals surface area contributed by atoms with Crippen LogP contribution in [-0.2, 0) is 11.3 Å². The van der Waals surface area contributed by atoms with Gasteiger partial charge < -0.3 is 14.7 Å². The van der Waals surface area contributed by atoms with E-state index in [-0.39, 0.29) is 17.7 Å². The minimum Gasteiger partial charge on any atom is -0.477 e. The Hall–Kier alpha value is -2.73. The third kappa shape index (κ3) is 4.42. The summed E-state index contributed by atoms with van der Waals surface area (Å²) in [5, 5.41) is 8.85. The molecule has 1 N–H and O–H groups in total. The second-order valence-electron chi connectivity index (χ2n) is 6.03. The highest BCUT2D eigenvalue weighted by atomic mass is 16.5. The summed E-state index contributed by atoms with van der Waals surface area (Å²) in [7, 11) is 0. The lowest BCUT2D eigenvalue weighted by molar-refractivity contribution is -0.000398. The Morgan fingerprint density at radius 2 is 1.84 bits per heavy atom. The van der Waals surface area contributed by atoms with Gasteiger partial charge in [0.15, 0.2) is 0 Å². The molecule has 1 aliphatic heterocycles. The monoisotopic (exact) mass is 340 g/mol. The SMILES string of the molecule is O=C(O)c1ccc(C(=O)N2CCC(OCc3ccccc3)CC2)cn1. The first-order chi connectivity index (χ1) is 12.1. The van der Waals surface area contributed by atoms with Crippen LogP contribution in [0.25, 0.3) is 0 Å². The Balaban J connectivity index is 1.49. The third-order valence-corrected chi connectivity index (χ3v) is 4.29. The van der Waals surface area contributed by atoms with Crippen LogP contribution in [0.2, 0.25) is 0 Å². The minimum absolute atomic E-state index is 0.0652. The summed E-state index contributed by atoms with van der Waals surface area (Å²) in [4.78, 5) is 28.8. The number of carbonyl (C=O) groups is 2. The zero-order valence-corrected chi connectivity index (χ0v) is 13.8. The van der Waals surface area contributed by atoms with Crippen LogP contribution in [0.15, 0.2) is 48.7 Å². The van der Waals surface area contributed by atoms with Gasteiger partial charge in [-0.2, -0.15) is 0 Å². The van der Waals surface area contributed by atoms with Crippen LogP contribution >= 0.6 is 0 Å². The molecule has 1 aromatic carbocycles. The van der Waals surface area contributed by atoms with Gasteiger partial charge in [0, 0.05) is 19.3 Å². The summed E-state index contributed by atoms with van der Waals surface area (Å²) in [6.07, 6.45) is 3.05. The Labute approximate surface area is 146 Å². The van der Waals surface area contributed by atoms with E-state index in [4.69, 9.17) is 9.84 Å². The summed E-state index contributed by atoms with van der Waals surface area (Å²) in [6.45, 7) is 1.83. The Morgan fingerprint density at radius 3 is 2.44 bits per heavy atom. The number of hydrogen-bond donors (Lipinski definition) is 1. The third-order valence-electron chi connectivity index (χ3n) is 4.29. The largest absolute Gasteiger partial charge is 0.477 e. The topological polar surface area (TPSA) is 79.7 Å². The van der Waals surface area contributed by atoms with Crippen LogP contribution < -0.4 is 0 Å². The van der Waals surface area contributed by atoms with Crippen molar-refractivity contribution < 1.29 is 19.4 Å². The van der Waals surface area contributed by atoms with Gasteiger partial charge >= 0.3 is 5.97 Å². The van der Waals surface area contributed by atoms with E-state index in [1.807, 2.05) is 30.3 Å². The maximum absolute atomic E-state index is 12.5. The molecule has 1 fully saturated rings. The number of amides is 1. The molecule has 1 aromatic heterocycles. The van der Waals surface area contributed by atoms with E-state index in [1.54, 1.807) is 4.90 Å². The van der Waals surface area contributed by atoms with Gasteiger partial charge in [-0.1, -0.05) is 30.3 Å². The van der Waals surface area contributed by atoms with Gasteiger partial charge in [-0.3, -0.25) is 4.79 Å². The summed E-state index contributed by atoms with van der Waals surface area (Å²) in [6, 6.07) is 12.9. The van der Waals surface area contributed by atoms with E-state index < -0.39 is 5.97 Å². The average Bonchev–Trinajstić information content (AvgIpc) is 2.67. The van der Waals surface area contributed by atoms with Crippen molar-refractivity contribution in [3.8, 4) is 0 Å². The van der Waals surface area contributed by atoms with Gasteiger partial charge in [0.05, 0.1) is 18.3 Å². The quantitative estimate of drug-likeness (QED) is 0.905. The maximum Gasteiger partial charge on any atom is 0.354 e. The number of carboxylic acids is 1. The number of hydrogen-bond acceptors (Lipinski definition) is 4. The first kappa shape index (κ1) is 17.1. The van der Waals surface area contributed by atoms with Crippen molar-refractivity contribution in [3.05, 3.63) is 65.5 Å². The van der Waals surface area contributed by atoms with E-state index in [2.05, 4.69) is 4.98 Å². The lowest BCUT2D eigenvalue weighted by atomic mass is 10.1. The number of pyridine rings is 1. The Morgan fingerprint density at radius 1 is 1.12 bits per heavy atom. The molecular weight excluding hydrogens is 320 g/mol. The van der Waals surface area contributed by atoms with Gasteiger partial charge in [-0.05, 0) is 30.5 Å². The van der Waals surface area contributed by atoms with Crippen molar-refractivity contribution in [2.24, 2.45) is 0 Å². The molecule has 0 atom stereocenters. The molecule has 0 bridgehead atoms. The van der Waals surface area contributed by atoms with Crippen molar-refractivity contribution in [2.75, 3.05) is 13.1 Å². The summed E-state index contributed by atoms with van der Waals surface area (Å²) >= 11 is 0. The molecule has 3 rings (SSSR count). The fraction of sp³-hybridized carbons (Fsp3) is 0.316. The van der Waals surface area contributed by atoms with Crippen LogP contribution in [0, 0.1) is 0 Å². The van der Waals surface area contributed by atoms with Gasteiger partial charge in [0.25, 0.3) is 5.91 Å². The summed E-state index contributed by atoms with van der Waals surface area (Å²) in [5.41, 5.74) is 1.49. The number of nitrogens with zero attached hydrogens (tertiary/aromatic N) is 2. The molecule has 0 radical (unpaired) electrons. The number of aromatic nitrogens is 1. The zero-order valence-electron chi connectivity index (χ0n) is 13.8. The van der Waals surface area contributed by atoms with Crippen LogP contribution in [0.5, 0.6) is 0 Å². The molecule has 0 spiro atoms. The molecule has 0 saturated carbocycles. The van der Waals surface area contributed by atoms with Crippen molar-refractivity contribution in [1.29, 1.82) is 0 Å². The second-order valence-corrected chi connectivity index (χ2v) is 6.03. The number of carboxylic acid groups (broad SMARTS) is 1. The molecule has 2 aromatic rings. The molecule has 1 aliphatic rings. The number of benzene rings is 1. The summed E-state index contributed by atoms with van der Waals surface area (Å²) in [5.74, 6) is -1.22. The Bertz CT molecular complexity index is 723. The molecule has 0 unspecified atom stereocenters. The molecule has 1 saturated heterocycles. The van der Waals surface area contributed by atoms with Crippen LogP contribution in [0.4, 0.5) is 0 Å². The van der Waals surface area contributed by atoms with Crippen LogP contribution in [0.3, 0.4) is 0 Å². The highest BCUT2D eigenvalue weighted by Gasteiger charge is 2.24. The molecule has 25 heavy (non-hydrogen) atoms. The summed E-state index contributed by atoms with van der Waals surface area (Å²) < 4.78 is 5.93. The zero-order chi connectivity index (χ0) is 17.6. The lowest BCUT2D eigenvalue weighted by Gasteiger charge is -2.32. The highest BCUT2D eigenvalue weighted by molar-refractivity contribution is 5.95. The molecular formula is C19H20N2O4. The number of aromatic carboxylic acids is 1. The van der Waals surface area contributed by atoms with E-state index in [1.165, 1.54) is 18.3 Å². The van der Waals surface area contributed by atoms with Crippen LogP contribution in [0.1, 0.15) is 39.3 Å². The highest BCUT2D eigenvalue weighted by Crippen LogP contribution is 2.17. The van der Waals surface area contributed by atoms with E-state index >= 15 is 0 Å².